The molecule has 0 aliphatic carbocycles. The van der Waals surface area contributed by atoms with E-state index < -0.39 is 0 Å². The largest absolute Gasteiger partial charge is 0.497 e. The third kappa shape index (κ3) is 5.37. The summed E-state index contributed by atoms with van der Waals surface area (Å²) in [5, 5.41) is 4.41. The van der Waals surface area contributed by atoms with Crippen LogP contribution >= 0.6 is 0 Å². The number of piperazine rings is 1. The van der Waals surface area contributed by atoms with Crippen LogP contribution in [0.2, 0.25) is 0 Å². The molecule has 8 heteroatoms. The summed E-state index contributed by atoms with van der Waals surface area (Å²) < 4.78 is 6.73. The number of carbonyl (C=O) groups excluding carboxylic acids is 1. The van der Waals surface area contributed by atoms with E-state index in [-0.39, 0.29) is 17.4 Å². The quantitative estimate of drug-likeness (QED) is 0.533. The minimum absolute atomic E-state index is 0.0574. The molecule has 188 valence electrons. The normalized spacial score (nSPS) is 18.2. The smallest absolute Gasteiger partial charge is 0.269 e. The fraction of sp³-hybridized carbons (Fsp3) is 0.393. The Morgan fingerprint density at radius 3 is 2.39 bits per heavy atom. The summed E-state index contributed by atoms with van der Waals surface area (Å²) in [6.07, 6.45) is 3.56. The molecule has 1 aromatic heterocycles. The van der Waals surface area contributed by atoms with Gasteiger partial charge in [-0.25, -0.2) is 4.68 Å². The van der Waals surface area contributed by atoms with Gasteiger partial charge in [0.2, 0.25) is 5.91 Å². The average molecular weight is 488 g/mol. The lowest BCUT2D eigenvalue weighted by Crippen LogP contribution is -2.52. The van der Waals surface area contributed by atoms with Crippen molar-refractivity contribution in [1.82, 2.24) is 14.7 Å². The number of benzene rings is 2. The monoisotopic (exact) mass is 487 g/mol. The van der Waals surface area contributed by atoms with Gasteiger partial charge < -0.3 is 19.4 Å². The third-order valence-electron chi connectivity index (χ3n) is 7.20. The van der Waals surface area contributed by atoms with E-state index >= 15 is 0 Å². The first-order chi connectivity index (χ1) is 17.6. The standard InChI is InChI=1S/C28H33N5O3/c1-36-26-11-9-24(10-12-26)30-14-16-31(17-15-30)28(35)23-8-5-13-32(21-23)25-18-27(34)33(29-19-25)20-22-6-3-2-4-7-22/h2-4,6-7,9-12,18-19,23H,5,8,13-17,20-21H2,1H3. The van der Waals surface area contributed by atoms with Gasteiger partial charge in [0.25, 0.3) is 5.56 Å². The Labute approximate surface area is 211 Å². The Bertz CT molecular complexity index is 1220. The van der Waals surface area contributed by atoms with E-state index in [1.807, 2.05) is 47.4 Å². The van der Waals surface area contributed by atoms with E-state index in [9.17, 15) is 9.59 Å². The van der Waals surface area contributed by atoms with Crippen molar-refractivity contribution in [2.24, 2.45) is 5.92 Å². The summed E-state index contributed by atoms with van der Waals surface area (Å²) in [5.74, 6) is 1.01. The van der Waals surface area contributed by atoms with E-state index in [1.54, 1.807) is 19.4 Å². The van der Waals surface area contributed by atoms with Crippen molar-refractivity contribution in [3.63, 3.8) is 0 Å². The third-order valence-corrected chi connectivity index (χ3v) is 7.20. The van der Waals surface area contributed by atoms with E-state index in [4.69, 9.17) is 4.74 Å². The predicted octanol–water partition coefficient (Wildman–Crippen LogP) is 2.87. The molecule has 1 unspecified atom stereocenters. The Kier molecular flexibility index (Phi) is 7.21. The number of rotatable bonds is 6. The van der Waals surface area contributed by atoms with Gasteiger partial charge in [0.05, 0.1) is 31.5 Å². The number of amides is 1. The second-order valence-electron chi connectivity index (χ2n) is 9.49. The second-order valence-corrected chi connectivity index (χ2v) is 9.49. The molecule has 8 nitrogen and oxygen atoms in total. The summed E-state index contributed by atoms with van der Waals surface area (Å²) in [6.45, 7) is 4.98. The number of hydrogen-bond acceptors (Lipinski definition) is 6. The Hall–Kier alpha value is -3.81. The van der Waals surface area contributed by atoms with Crippen LogP contribution < -0.4 is 20.1 Å². The highest BCUT2D eigenvalue weighted by molar-refractivity contribution is 5.80. The molecule has 1 atom stereocenters. The molecule has 0 spiro atoms. The molecular formula is C28H33N5O3. The lowest BCUT2D eigenvalue weighted by molar-refractivity contribution is -0.136. The number of piperidine rings is 1. The first kappa shape index (κ1) is 23.9. The number of anilines is 2. The van der Waals surface area contributed by atoms with Crippen LogP contribution in [0, 0.1) is 5.92 Å². The number of aromatic nitrogens is 2. The summed E-state index contributed by atoms with van der Waals surface area (Å²) in [6, 6.07) is 19.6. The molecule has 5 rings (SSSR count). The maximum Gasteiger partial charge on any atom is 0.269 e. The van der Waals surface area contributed by atoms with Crippen LogP contribution in [0.25, 0.3) is 0 Å². The topological polar surface area (TPSA) is 70.9 Å². The second kappa shape index (κ2) is 10.8. The van der Waals surface area contributed by atoms with Crippen LogP contribution in [0.4, 0.5) is 11.4 Å². The predicted molar refractivity (Wildman–Crippen MR) is 141 cm³/mol. The Morgan fingerprint density at radius 2 is 1.69 bits per heavy atom. The summed E-state index contributed by atoms with van der Waals surface area (Å²) >= 11 is 0. The molecule has 3 aromatic rings. The molecule has 36 heavy (non-hydrogen) atoms. The van der Waals surface area contributed by atoms with E-state index in [1.165, 1.54) is 4.68 Å². The van der Waals surface area contributed by atoms with Crippen molar-refractivity contribution in [2.75, 3.05) is 56.2 Å². The zero-order valence-corrected chi connectivity index (χ0v) is 20.8. The molecular weight excluding hydrogens is 454 g/mol. The van der Waals surface area contributed by atoms with E-state index in [0.717, 1.165) is 68.3 Å². The fourth-order valence-corrected chi connectivity index (χ4v) is 5.12. The van der Waals surface area contributed by atoms with E-state index in [2.05, 4.69) is 27.0 Å². The minimum Gasteiger partial charge on any atom is -0.497 e. The van der Waals surface area contributed by atoms with Crippen molar-refractivity contribution >= 4 is 17.3 Å². The Morgan fingerprint density at radius 1 is 0.944 bits per heavy atom. The molecule has 2 aliphatic rings. The van der Waals surface area contributed by atoms with Gasteiger partial charge in [0.1, 0.15) is 5.75 Å². The van der Waals surface area contributed by atoms with Crippen molar-refractivity contribution in [3.8, 4) is 5.75 Å². The first-order valence-corrected chi connectivity index (χ1v) is 12.6. The van der Waals surface area contributed by atoms with Gasteiger partial charge in [-0.2, -0.15) is 5.10 Å². The molecule has 2 fully saturated rings. The summed E-state index contributed by atoms with van der Waals surface area (Å²) in [5.41, 5.74) is 2.86. The number of nitrogens with zero attached hydrogens (tertiary/aromatic N) is 5. The number of ether oxygens (including phenoxy) is 1. The zero-order chi connectivity index (χ0) is 24.9. The fourth-order valence-electron chi connectivity index (χ4n) is 5.12. The van der Waals surface area contributed by atoms with Crippen LogP contribution in [-0.2, 0) is 11.3 Å². The van der Waals surface area contributed by atoms with Crippen molar-refractivity contribution in [3.05, 3.63) is 82.8 Å². The number of carbonyl (C=O) groups is 1. The van der Waals surface area contributed by atoms with Gasteiger partial charge in [0.15, 0.2) is 0 Å². The van der Waals surface area contributed by atoms with Crippen LogP contribution in [-0.4, -0.2) is 67.0 Å². The van der Waals surface area contributed by atoms with Crippen molar-refractivity contribution in [2.45, 2.75) is 19.4 Å². The maximum atomic E-state index is 13.4. The summed E-state index contributed by atoms with van der Waals surface area (Å²) in [7, 11) is 1.67. The van der Waals surface area contributed by atoms with Gasteiger partial charge >= 0.3 is 0 Å². The van der Waals surface area contributed by atoms with Crippen LogP contribution in [0.3, 0.4) is 0 Å². The van der Waals surface area contributed by atoms with Crippen LogP contribution in [0.5, 0.6) is 5.75 Å². The maximum absolute atomic E-state index is 13.4. The highest BCUT2D eigenvalue weighted by atomic mass is 16.5. The number of hydrogen-bond donors (Lipinski definition) is 0. The molecule has 0 radical (unpaired) electrons. The molecule has 0 saturated carbocycles. The highest BCUT2D eigenvalue weighted by Crippen LogP contribution is 2.25. The highest BCUT2D eigenvalue weighted by Gasteiger charge is 2.31. The van der Waals surface area contributed by atoms with Crippen molar-refractivity contribution < 1.29 is 9.53 Å². The number of methoxy groups -OCH3 is 1. The lowest BCUT2D eigenvalue weighted by Gasteiger charge is -2.40. The average Bonchev–Trinajstić information content (AvgIpc) is 2.94. The molecule has 2 aliphatic heterocycles. The molecule has 2 saturated heterocycles. The molecule has 0 N–H and O–H groups in total. The molecule has 3 heterocycles. The zero-order valence-electron chi connectivity index (χ0n) is 20.8. The lowest BCUT2D eigenvalue weighted by atomic mass is 9.96. The SMILES string of the molecule is COc1ccc(N2CCN(C(=O)C3CCCN(c4cnn(Cc5ccccc5)c(=O)c4)C3)CC2)cc1. The minimum atomic E-state index is -0.126. The van der Waals surface area contributed by atoms with Crippen LogP contribution in [0.15, 0.2) is 71.7 Å². The van der Waals surface area contributed by atoms with Gasteiger partial charge in [-0.3, -0.25) is 9.59 Å². The van der Waals surface area contributed by atoms with Crippen molar-refractivity contribution in [1.29, 1.82) is 0 Å². The first-order valence-electron chi connectivity index (χ1n) is 12.6. The van der Waals surface area contributed by atoms with Gasteiger partial charge in [0, 0.05) is 51.0 Å². The molecule has 2 aromatic carbocycles. The Balaban J connectivity index is 1.18. The molecule has 1 amide bonds. The van der Waals surface area contributed by atoms with E-state index in [0.29, 0.717) is 13.1 Å². The van der Waals surface area contributed by atoms with Crippen LogP contribution in [0.1, 0.15) is 18.4 Å². The van der Waals surface area contributed by atoms with Gasteiger partial charge in [-0.15, -0.1) is 0 Å². The summed E-state index contributed by atoms with van der Waals surface area (Å²) in [4.78, 5) is 32.5. The molecule has 0 bridgehead atoms. The van der Waals surface area contributed by atoms with Gasteiger partial charge in [-0.1, -0.05) is 30.3 Å². The van der Waals surface area contributed by atoms with Gasteiger partial charge in [-0.05, 0) is 42.7 Å².